The van der Waals surface area contributed by atoms with E-state index in [2.05, 4.69) is 20.8 Å². The molecule has 0 fully saturated rings. The van der Waals surface area contributed by atoms with Crippen molar-refractivity contribution in [2.24, 2.45) is 0 Å². The summed E-state index contributed by atoms with van der Waals surface area (Å²) in [5.41, 5.74) is 2.23. The number of aromatic nitrogens is 4. The maximum Gasteiger partial charge on any atom is 0.331 e. The van der Waals surface area contributed by atoms with Gasteiger partial charge in [0.2, 0.25) is 11.8 Å². The molecule has 0 aliphatic carbocycles. The van der Waals surface area contributed by atoms with Crippen LogP contribution in [0.15, 0.2) is 64.2 Å². The summed E-state index contributed by atoms with van der Waals surface area (Å²) in [5, 5.41) is 12.5. The summed E-state index contributed by atoms with van der Waals surface area (Å²) in [5.74, 6) is -0.271. The lowest BCUT2D eigenvalue weighted by Crippen LogP contribution is -2.42. The Bertz CT molecular complexity index is 1510. The quantitative estimate of drug-likeness (QED) is 0.333. The highest BCUT2D eigenvalue weighted by Crippen LogP contribution is 2.09. The van der Waals surface area contributed by atoms with Crippen molar-refractivity contribution in [2.45, 2.75) is 46.3 Å². The first kappa shape index (κ1) is 24.6. The van der Waals surface area contributed by atoms with E-state index in [1.807, 2.05) is 31.2 Å². The number of fused-ring (bicyclic) bond motifs is 1. The molecule has 3 N–H and O–H groups in total. The molecule has 10 heteroatoms. The summed E-state index contributed by atoms with van der Waals surface area (Å²) in [6.07, 6.45) is 0.454. The van der Waals surface area contributed by atoms with Gasteiger partial charge in [0, 0.05) is 31.3 Å². The topological polar surface area (TPSA) is 131 Å². The Labute approximate surface area is 207 Å². The third kappa shape index (κ3) is 5.77. The maximum absolute atomic E-state index is 13.2. The van der Waals surface area contributed by atoms with Gasteiger partial charge in [-0.25, -0.2) is 4.79 Å². The molecule has 4 rings (SSSR count). The Hall–Kier alpha value is -4.47. The molecule has 36 heavy (non-hydrogen) atoms. The monoisotopic (exact) mass is 488 g/mol. The minimum absolute atomic E-state index is 0.0562. The normalized spacial score (nSPS) is 10.9. The zero-order valence-electron chi connectivity index (χ0n) is 20.2. The molecule has 4 aromatic rings. The first-order valence-electron chi connectivity index (χ1n) is 11.7. The largest absolute Gasteiger partial charge is 0.352 e. The highest BCUT2D eigenvalue weighted by Gasteiger charge is 2.16. The molecule has 0 atom stereocenters. The van der Waals surface area contributed by atoms with Crippen molar-refractivity contribution in [1.82, 2.24) is 24.6 Å². The summed E-state index contributed by atoms with van der Waals surface area (Å²) in [7, 11) is 0. The molecule has 2 heterocycles. The second-order valence-electron chi connectivity index (χ2n) is 8.69. The van der Waals surface area contributed by atoms with E-state index in [4.69, 9.17) is 0 Å². The van der Waals surface area contributed by atoms with Crippen LogP contribution in [-0.4, -0.2) is 31.1 Å². The highest BCUT2D eigenvalue weighted by molar-refractivity contribution is 5.90. The molecule has 0 radical (unpaired) electrons. The third-order valence-electron chi connectivity index (χ3n) is 5.80. The third-order valence-corrected chi connectivity index (χ3v) is 5.80. The van der Waals surface area contributed by atoms with Crippen LogP contribution in [0.1, 0.15) is 29.7 Å². The van der Waals surface area contributed by atoms with Crippen LogP contribution in [0.3, 0.4) is 0 Å². The number of para-hydroxylation sites is 1. The number of nitrogens with one attached hydrogen (secondary N) is 3. The molecular weight excluding hydrogens is 460 g/mol. The summed E-state index contributed by atoms with van der Waals surface area (Å²) in [6, 6.07) is 16.2. The molecular formula is C26H28N6O4. The lowest BCUT2D eigenvalue weighted by molar-refractivity contribution is -0.121. The van der Waals surface area contributed by atoms with E-state index in [-0.39, 0.29) is 25.4 Å². The number of rotatable bonds is 9. The van der Waals surface area contributed by atoms with Gasteiger partial charge in [0.1, 0.15) is 6.54 Å². The number of H-pyrrole nitrogens is 1. The number of amides is 2. The van der Waals surface area contributed by atoms with Gasteiger partial charge in [-0.15, -0.1) is 0 Å². The second-order valence-corrected chi connectivity index (χ2v) is 8.69. The van der Waals surface area contributed by atoms with Crippen LogP contribution in [0.25, 0.3) is 10.9 Å². The lowest BCUT2D eigenvalue weighted by Gasteiger charge is -2.14. The average molecular weight is 489 g/mol. The summed E-state index contributed by atoms with van der Waals surface area (Å²) < 4.78 is 2.35. The Kier molecular flexibility index (Phi) is 7.43. The molecule has 0 saturated carbocycles. The van der Waals surface area contributed by atoms with Crippen LogP contribution in [0, 0.1) is 13.8 Å². The first-order chi connectivity index (χ1) is 17.3. The Morgan fingerprint density at radius 3 is 2.44 bits per heavy atom. The molecule has 2 aromatic heterocycles. The summed E-state index contributed by atoms with van der Waals surface area (Å²) in [6.45, 7) is 3.98. The number of carbonyl (C=O) groups is 2. The number of carbonyl (C=O) groups excluding carboxylic acids is 2. The summed E-state index contributed by atoms with van der Waals surface area (Å²) in [4.78, 5) is 51.2. The highest BCUT2D eigenvalue weighted by atomic mass is 16.2. The Balaban J connectivity index is 1.47. The molecule has 2 amide bonds. The van der Waals surface area contributed by atoms with Crippen molar-refractivity contribution < 1.29 is 9.59 Å². The van der Waals surface area contributed by atoms with Gasteiger partial charge in [0.15, 0.2) is 5.82 Å². The number of hydrogen-bond donors (Lipinski definition) is 3. The average Bonchev–Trinajstić information content (AvgIpc) is 3.27. The molecule has 0 saturated heterocycles. The number of benzene rings is 2. The van der Waals surface area contributed by atoms with Crippen LogP contribution in [0.4, 0.5) is 5.82 Å². The Morgan fingerprint density at radius 1 is 0.972 bits per heavy atom. The zero-order chi connectivity index (χ0) is 25.7. The molecule has 186 valence electrons. The number of aromatic amines is 1. The van der Waals surface area contributed by atoms with E-state index < -0.39 is 17.2 Å². The van der Waals surface area contributed by atoms with E-state index in [0.717, 1.165) is 21.4 Å². The van der Waals surface area contributed by atoms with Crippen LogP contribution in [0.5, 0.6) is 0 Å². The molecule has 0 aliphatic rings. The fourth-order valence-electron chi connectivity index (χ4n) is 3.92. The van der Waals surface area contributed by atoms with Gasteiger partial charge in [0.25, 0.3) is 5.56 Å². The smallest absolute Gasteiger partial charge is 0.331 e. The predicted octanol–water partition coefficient (Wildman–Crippen LogP) is 2.24. The van der Waals surface area contributed by atoms with Crippen molar-refractivity contribution in [1.29, 1.82) is 0 Å². The van der Waals surface area contributed by atoms with Crippen molar-refractivity contribution in [2.75, 3.05) is 5.32 Å². The Morgan fingerprint density at radius 2 is 1.72 bits per heavy atom. The van der Waals surface area contributed by atoms with Crippen LogP contribution in [-0.2, 0) is 29.2 Å². The van der Waals surface area contributed by atoms with Gasteiger partial charge in [-0.3, -0.25) is 28.6 Å². The van der Waals surface area contributed by atoms with Crippen molar-refractivity contribution in [3.8, 4) is 0 Å². The van der Waals surface area contributed by atoms with E-state index in [1.165, 1.54) is 4.57 Å². The molecule has 2 aromatic carbocycles. The summed E-state index contributed by atoms with van der Waals surface area (Å²) >= 11 is 0. The van der Waals surface area contributed by atoms with Gasteiger partial charge in [-0.1, -0.05) is 42.0 Å². The fraction of sp³-hybridized carbons (Fsp3) is 0.269. The van der Waals surface area contributed by atoms with E-state index >= 15 is 0 Å². The maximum atomic E-state index is 13.2. The number of aryl methyl sites for hydroxylation is 2. The SMILES string of the molecule is Cc1ccc(CNC(=O)CCCn2c(=O)c3ccccc3n(CC(=O)Nc3cc(C)[nH]n3)c2=O)cc1. The standard InChI is InChI=1S/C26H28N6O4/c1-17-9-11-19(12-10-17)15-27-23(33)8-5-13-31-25(35)20-6-3-4-7-21(20)32(26(31)36)16-24(34)28-22-14-18(2)29-30-22/h3-4,6-7,9-12,14H,5,8,13,15-16H2,1-2H3,(H,27,33)(H2,28,29,30,34). The lowest BCUT2D eigenvalue weighted by atomic mass is 10.1. The molecule has 0 aliphatic heterocycles. The number of anilines is 1. The van der Waals surface area contributed by atoms with Crippen molar-refractivity contribution >= 4 is 28.5 Å². The molecule has 0 unspecified atom stereocenters. The van der Waals surface area contributed by atoms with Gasteiger partial charge in [-0.05, 0) is 38.0 Å². The van der Waals surface area contributed by atoms with Crippen molar-refractivity contribution in [3.63, 3.8) is 0 Å². The van der Waals surface area contributed by atoms with E-state index in [1.54, 1.807) is 37.3 Å². The zero-order valence-corrected chi connectivity index (χ0v) is 20.2. The minimum atomic E-state index is -0.605. The number of nitrogens with zero attached hydrogens (tertiary/aromatic N) is 3. The number of hydrogen-bond acceptors (Lipinski definition) is 5. The van der Waals surface area contributed by atoms with Gasteiger partial charge < -0.3 is 10.6 Å². The second kappa shape index (κ2) is 10.9. The predicted molar refractivity (Wildman–Crippen MR) is 137 cm³/mol. The first-order valence-corrected chi connectivity index (χ1v) is 11.7. The minimum Gasteiger partial charge on any atom is -0.352 e. The van der Waals surface area contributed by atoms with E-state index in [9.17, 15) is 19.2 Å². The van der Waals surface area contributed by atoms with Crippen LogP contribution >= 0.6 is 0 Å². The van der Waals surface area contributed by atoms with Crippen LogP contribution < -0.4 is 21.9 Å². The molecule has 10 nitrogen and oxygen atoms in total. The van der Waals surface area contributed by atoms with Gasteiger partial charge in [-0.2, -0.15) is 5.10 Å². The fourth-order valence-corrected chi connectivity index (χ4v) is 3.92. The van der Waals surface area contributed by atoms with E-state index in [0.29, 0.717) is 29.7 Å². The molecule has 0 spiro atoms. The van der Waals surface area contributed by atoms with Gasteiger partial charge in [0.05, 0.1) is 10.9 Å². The molecule has 0 bridgehead atoms. The van der Waals surface area contributed by atoms with Crippen LogP contribution in [0.2, 0.25) is 0 Å². The van der Waals surface area contributed by atoms with Gasteiger partial charge >= 0.3 is 5.69 Å². The van der Waals surface area contributed by atoms with Crippen molar-refractivity contribution in [3.05, 3.63) is 92.3 Å².